The Kier molecular flexibility index (Phi) is 3.12. The van der Waals surface area contributed by atoms with E-state index < -0.39 is 0 Å². The maximum absolute atomic E-state index is 5.01. The summed E-state index contributed by atoms with van der Waals surface area (Å²) in [6, 6.07) is 7.92. The quantitative estimate of drug-likeness (QED) is 0.367. The van der Waals surface area contributed by atoms with Crippen molar-refractivity contribution in [1.82, 2.24) is 9.55 Å². The molecule has 0 atom stereocenters. The predicted molar refractivity (Wildman–Crippen MR) is 46.3 cm³/mol. The van der Waals surface area contributed by atoms with E-state index in [0.29, 0.717) is 5.16 Å². The van der Waals surface area contributed by atoms with Crippen LogP contribution >= 0.6 is 0 Å². The van der Waals surface area contributed by atoms with Crippen LogP contribution in [-0.2, 0) is 19.7 Å². The summed E-state index contributed by atoms with van der Waals surface area (Å²) in [5.74, 6) is 0. The molecule has 0 spiro atoms. The summed E-state index contributed by atoms with van der Waals surface area (Å²) in [6.07, 6.45) is 0. The van der Waals surface area contributed by atoms with E-state index in [1.165, 1.54) is 0 Å². The molecule has 1 aromatic carbocycles. The number of imidazole rings is 1. The van der Waals surface area contributed by atoms with Crippen molar-refractivity contribution < 1.29 is 29.6 Å². The van der Waals surface area contributed by atoms with Crippen LogP contribution in [0.25, 0.3) is 11.0 Å². The average Bonchev–Trinajstić information content (AvgIpc) is 2.30. The Morgan fingerprint density at radius 3 is 2.67 bits per heavy atom. The van der Waals surface area contributed by atoms with Gasteiger partial charge in [0.15, 0.2) is 0 Å². The topological polar surface area (TPSA) is 17.8 Å². The van der Waals surface area contributed by atoms with Crippen LogP contribution in [0, 0.1) is 0 Å². The number of para-hydroxylation sites is 2. The Balaban J connectivity index is 0.000000720. The average molecular weight is 186 g/mol. The number of hydrogen-bond donors (Lipinski definition) is 0. The Bertz CT molecular complexity index is 397. The molecule has 0 bridgehead atoms. The summed E-state index contributed by atoms with van der Waals surface area (Å²) >= 11 is 5.01. The molecule has 0 aliphatic rings. The van der Waals surface area contributed by atoms with Crippen LogP contribution in [0.15, 0.2) is 29.4 Å². The van der Waals surface area contributed by atoms with E-state index in [-0.39, 0.29) is 29.6 Å². The second-order valence-corrected chi connectivity index (χ2v) is 2.81. The Hall–Kier alpha value is -0.0900. The van der Waals surface area contributed by atoms with Gasteiger partial charge in [0, 0.05) is 7.05 Å². The number of benzene rings is 1. The minimum Gasteiger partial charge on any atom is -0.742 e. The fourth-order valence-corrected chi connectivity index (χ4v) is 1.32. The molecule has 0 unspecified atom stereocenters. The van der Waals surface area contributed by atoms with Gasteiger partial charge in [-0.25, -0.2) is 0 Å². The number of hydrogen-bond acceptors (Lipinski definition) is 2. The maximum Gasteiger partial charge on any atom is 1.00 e. The van der Waals surface area contributed by atoms with Gasteiger partial charge in [-0.1, -0.05) is 12.1 Å². The van der Waals surface area contributed by atoms with Crippen LogP contribution in [0.3, 0.4) is 0 Å². The third kappa shape index (κ3) is 1.50. The van der Waals surface area contributed by atoms with Crippen molar-refractivity contribution in [2.45, 2.75) is 5.16 Å². The Labute approximate surface area is 98.7 Å². The molecule has 0 radical (unpaired) electrons. The summed E-state index contributed by atoms with van der Waals surface area (Å²) in [7, 11) is 1.93. The first-order valence-electron chi connectivity index (χ1n) is 3.37. The molecular formula is C8H7N2NaS. The summed E-state index contributed by atoms with van der Waals surface area (Å²) in [6.45, 7) is 0. The van der Waals surface area contributed by atoms with Crippen molar-refractivity contribution in [3.05, 3.63) is 24.3 Å². The molecule has 0 fully saturated rings. The first kappa shape index (κ1) is 9.99. The third-order valence-corrected chi connectivity index (χ3v) is 2.11. The molecule has 2 rings (SSSR count). The molecule has 0 amide bonds. The van der Waals surface area contributed by atoms with E-state index in [1.54, 1.807) is 0 Å². The van der Waals surface area contributed by atoms with Crippen molar-refractivity contribution in [3.8, 4) is 0 Å². The maximum atomic E-state index is 5.01. The number of nitrogens with zero attached hydrogens (tertiary/aromatic N) is 2. The smallest absolute Gasteiger partial charge is 0.742 e. The molecule has 2 nitrogen and oxygen atoms in total. The van der Waals surface area contributed by atoms with E-state index >= 15 is 0 Å². The van der Waals surface area contributed by atoms with Gasteiger partial charge < -0.3 is 17.2 Å². The molecular weight excluding hydrogens is 179 g/mol. The number of fused-ring (bicyclic) bond motifs is 1. The van der Waals surface area contributed by atoms with Crippen molar-refractivity contribution >= 4 is 23.7 Å². The minimum atomic E-state index is 0. The molecule has 56 valence electrons. The van der Waals surface area contributed by atoms with E-state index in [1.807, 2.05) is 35.9 Å². The molecule has 0 aliphatic carbocycles. The Morgan fingerprint density at radius 2 is 2.00 bits per heavy atom. The predicted octanol–water partition coefficient (Wildman–Crippen LogP) is -1.52. The number of rotatable bonds is 0. The van der Waals surface area contributed by atoms with Crippen molar-refractivity contribution in [2.24, 2.45) is 7.05 Å². The van der Waals surface area contributed by atoms with Gasteiger partial charge in [-0.15, -0.1) is 0 Å². The molecule has 0 aliphatic heterocycles. The van der Waals surface area contributed by atoms with E-state index in [0.717, 1.165) is 11.0 Å². The standard InChI is InChI=1S/C8H8N2S.Na/c1-10-7-5-3-2-4-6(7)9-8(10)11;/h2-5H,1H3,(H,9,11);/q;+1/p-1. The summed E-state index contributed by atoms with van der Waals surface area (Å²) in [4.78, 5) is 4.19. The first-order valence-corrected chi connectivity index (χ1v) is 3.78. The summed E-state index contributed by atoms with van der Waals surface area (Å²) in [5, 5.41) is 0.645. The van der Waals surface area contributed by atoms with Gasteiger partial charge in [0.2, 0.25) is 0 Å². The molecule has 1 heterocycles. The Morgan fingerprint density at radius 1 is 1.33 bits per heavy atom. The van der Waals surface area contributed by atoms with Crippen molar-refractivity contribution in [1.29, 1.82) is 0 Å². The molecule has 12 heavy (non-hydrogen) atoms. The zero-order valence-corrected chi connectivity index (χ0v) is 9.93. The molecule has 0 N–H and O–H groups in total. The van der Waals surface area contributed by atoms with Gasteiger partial charge in [-0.2, -0.15) is 0 Å². The monoisotopic (exact) mass is 186 g/mol. The van der Waals surface area contributed by atoms with Gasteiger partial charge in [-0.3, -0.25) is 4.98 Å². The van der Waals surface area contributed by atoms with E-state index in [9.17, 15) is 0 Å². The molecule has 4 heteroatoms. The summed E-state index contributed by atoms with van der Waals surface area (Å²) < 4.78 is 1.91. The summed E-state index contributed by atoms with van der Waals surface area (Å²) in [5.41, 5.74) is 2.07. The van der Waals surface area contributed by atoms with Crippen LogP contribution in [0.1, 0.15) is 0 Å². The molecule has 2 aromatic rings. The number of aromatic nitrogens is 2. The van der Waals surface area contributed by atoms with Gasteiger partial charge in [0.1, 0.15) is 0 Å². The first-order chi connectivity index (χ1) is 5.29. The van der Waals surface area contributed by atoms with E-state index in [4.69, 9.17) is 12.6 Å². The van der Waals surface area contributed by atoms with Gasteiger partial charge in [0.25, 0.3) is 0 Å². The minimum absolute atomic E-state index is 0. The van der Waals surface area contributed by atoms with Crippen LogP contribution < -0.4 is 29.6 Å². The molecule has 0 saturated heterocycles. The fourth-order valence-electron chi connectivity index (χ4n) is 1.12. The van der Waals surface area contributed by atoms with Gasteiger partial charge in [-0.05, 0) is 17.3 Å². The van der Waals surface area contributed by atoms with E-state index in [2.05, 4.69) is 4.98 Å². The largest absolute Gasteiger partial charge is 1.00 e. The zero-order valence-electron chi connectivity index (χ0n) is 7.11. The third-order valence-electron chi connectivity index (χ3n) is 1.75. The van der Waals surface area contributed by atoms with Crippen LogP contribution in [0.5, 0.6) is 0 Å². The number of aryl methyl sites for hydroxylation is 1. The van der Waals surface area contributed by atoms with Crippen molar-refractivity contribution in [3.63, 3.8) is 0 Å². The van der Waals surface area contributed by atoms with Crippen molar-refractivity contribution in [2.75, 3.05) is 0 Å². The fraction of sp³-hybridized carbons (Fsp3) is 0.125. The van der Waals surface area contributed by atoms with Gasteiger partial charge in [0.05, 0.1) is 11.0 Å². The zero-order chi connectivity index (χ0) is 7.84. The second-order valence-electron chi connectivity index (χ2n) is 2.44. The molecule has 0 saturated carbocycles. The normalized spacial score (nSPS) is 9.75. The van der Waals surface area contributed by atoms with Crippen LogP contribution in [0.4, 0.5) is 0 Å². The van der Waals surface area contributed by atoms with Crippen LogP contribution in [0.2, 0.25) is 0 Å². The van der Waals surface area contributed by atoms with Gasteiger partial charge >= 0.3 is 29.6 Å². The van der Waals surface area contributed by atoms with Crippen LogP contribution in [-0.4, -0.2) is 9.55 Å². The second kappa shape index (κ2) is 3.75. The SMILES string of the molecule is Cn1c([S-])nc2ccccc21.[Na+]. The molecule has 1 aromatic heterocycles.